The van der Waals surface area contributed by atoms with Crippen LogP contribution in [0.1, 0.15) is 32.6 Å². The molecule has 0 amide bonds. The van der Waals surface area contributed by atoms with Crippen LogP contribution < -0.4 is 5.73 Å². The molecule has 1 aromatic carbocycles. The number of nitrogens with zero attached hydrogens (tertiary/aromatic N) is 4. The number of hydrogen-bond acceptors (Lipinski definition) is 4. The molecule has 2 N–H and O–H groups in total. The second kappa shape index (κ2) is 5.05. The first-order chi connectivity index (χ1) is 9.63. The van der Waals surface area contributed by atoms with Crippen molar-refractivity contribution >= 4 is 17.3 Å². The topological polar surface area (TPSA) is 69.6 Å². The normalized spacial score (nSPS) is 16.3. The molecule has 5 nitrogen and oxygen atoms in total. The third kappa shape index (κ3) is 2.50. The van der Waals surface area contributed by atoms with Gasteiger partial charge in [0.2, 0.25) is 0 Å². The summed E-state index contributed by atoms with van der Waals surface area (Å²) in [6.07, 6.45) is 4.92. The average Bonchev–Trinajstić information content (AvgIpc) is 3.01. The lowest BCUT2D eigenvalue weighted by molar-refractivity contribution is 0.365. The molecule has 0 aliphatic heterocycles. The Morgan fingerprint density at radius 3 is 2.90 bits per heavy atom. The molecule has 0 saturated heterocycles. The molecule has 20 heavy (non-hydrogen) atoms. The Hall–Kier alpha value is -1.62. The lowest BCUT2D eigenvalue weighted by atomic mass is 10.0. The molecule has 0 spiro atoms. The Morgan fingerprint density at radius 1 is 1.40 bits per heavy atom. The number of anilines is 1. The second-order valence-corrected chi connectivity index (χ2v) is 6.06. The number of hydrogen-bond donors (Lipinski definition) is 1. The molecule has 1 fully saturated rings. The van der Waals surface area contributed by atoms with Gasteiger partial charge in [0.1, 0.15) is 0 Å². The maximum Gasteiger partial charge on any atom is 0.183 e. The summed E-state index contributed by atoms with van der Waals surface area (Å²) in [5, 5.41) is 12.7. The molecule has 0 bridgehead atoms. The summed E-state index contributed by atoms with van der Waals surface area (Å²) in [7, 11) is 0. The van der Waals surface area contributed by atoms with E-state index in [1.165, 1.54) is 25.7 Å². The number of aromatic nitrogens is 4. The van der Waals surface area contributed by atoms with E-state index in [1.807, 2.05) is 10.7 Å². The van der Waals surface area contributed by atoms with Gasteiger partial charge in [-0.25, -0.2) is 4.68 Å². The Bertz CT molecular complexity index is 618. The lowest BCUT2D eigenvalue weighted by Crippen LogP contribution is -2.14. The molecule has 106 valence electrons. The zero-order valence-corrected chi connectivity index (χ0v) is 12.3. The Morgan fingerprint density at radius 2 is 2.20 bits per heavy atom. The van der Waals surface area contributed by atoms with Gasteiger partial charge in [-0.3, -0.25) is 0 Å². The number of nitrogens with two attached hydrogens (primary N) is 1. The maximum absolute atomic E-state index is 6.24. The van der Waals surface area contributed by atoms with E-state index in [-0.39, 0.29) is 0 Å². The zero-order valence-electron chi connectivity index (χ0n) is 11.5. The highest BCUT2D eigenvalue weighted by atomic mass is 35.5. The first-order valence-corrected chi connectivity index (χ1v) is 7.33. The first kappa shape index (κ1) is 13.4. The van der Waals surface area contributed by atoms with Crippen LogP contribution in [0, 0.1) is 5.41 Å². The SMILES string of the molecule is CCCC1(Cn2nnnc2-c2cc(N)ccc2Cl)CC1. The van der Waals surface area contributed by atoms with Crippen molar-refractivity contribution in [1.82, 2.24) is 20.2 Å². The van der Waals surface area contributed by atoms with E-state index in [0.29, 0.717) is 21.9 Å². The third-order valence-corrected chi connectivity index (χ3v) is 4.32. The molecule has 6 heteroatoms. The molecule has 1 aromatic heterocycles. The number of nitrogen functional groups attached to an aromatic ring is 1. The van der Waals surface area contributed by atoms with Crippen LogP contribution >= 0.6 is 11.6 Å². The van der Waals surface area contributed by atoms with E-state index in [9.17, 15) is 0 Å². The van der Waals surface area contributed by atoms with Crippen LogP contribution in [0.4, 0.5) is 5.69 Å². The van der Waals surface area contributed by atoms with Gasteiger partial charge in [-0.1, -0.05) is 24.9 Å². The Kier molecular flexibility index (Phi) is 3.38. The highest BCUT2D eigenvalue weighted by Crippen LogP contribution is 2.51. The fourth-order valence-electron chi connectivity index (χ4n) is 2.73. The van der Waals surface area contributed by atoms with E-state index >= 15 is 0 Å². The quantitative estimate of drug-likeness (QED) is 0.859. The van der Waals surface area contributed by atoms with Gasteiger partial charge >= 0.3 is 0 Å². The van der Waals surface area contributed by atoms with Crippen molar-refractivity contribution in [3.05, 3.63) is 23.2 Å². The second-order valence-electron chi connectivity index (χ2n) is 5.65. The fraction of sp³-hybridized carbons (Fsp3) is 0.500. The van der Waals surface area contributed by atoms with Crippen molar-refractivity contribution < 1.29 is 0 Å². The minimum Gasteiger partial charge on any atom is -0.399 e. The lowest BCUT2D eigenvalue weighted by Gasteiger charge is -2.15. The van der Waals surface area contributed by atoms with Gasteiger partial charge in [-0.2, -0.15) is 0 Å². The zero-order chi connectivity index (χ0) is 14.2. The van der Waals surface area contributed by atoms with E-state index < -0.39 is 0 Å². The minimum absolute atomic E-state index is 0.381. The van der Waals surface area contributed by atoms with Crippen molar-refractivity contribution in [3.8, 4) is 11.4 Å². The van der Waals surface area contributed by atoms with Gasteiger partial charge in [-0.05, 0) is 53.3 Å². The molecule has 0 atom stereocenters. The summed E-state index contributed by atoms with van der Waals surface area (Å²) in [5.41, 5.74) is 7.67. The van der Waals surface area contributed by atoms with Crippen molar-refractivity contribution in [3.63, 3.8) is 0 Å². The van der Waals surface area contributed by atoms with Crippen LogP contribution in [0.15, 0.2) is 18.2 Å². The van der Waals surface area contributed by atoms with Crippen LogP contribution in [-0.4, -0.2) is 20.2 Å². The van der Waals surface area contributed by atoms with Crippen LogP contribution in [-0.2, 0) is 6.54 Å². The fourth-order valence-corrected chi connectivity index (χ4v) is 2.93. The summed E-state index contributed by atoms with van der Waals surface area (Å²) in [5.74, 6) is 0.699. The van der Waals surface area contributed by atoms with Gasteiger partial charge in [0.15, 0.2) is 5.82 Å². The van der Waals surface area contributed by atoms with E-state index in [1.54, 1.807) is 12.1 Å². The van der Waals surface area contributed by atoms with Crippen molar-refractivity contribution in [2.45, 2.75) is 39.2 Å². The van der Waals surface area contributed by atoms with Gasteiger partial charge in [0.05, 0.1) is 11.6 Å². The Balaban J connectivity index is 1.92. The molecule has 1 saturated carbocycles. The van der Waals surface area contributed by atoms with Gasteiger partial charge in [0, 0.05) is 11.3 Å². The molecule has 1 aliphatic rings. The summed E-state index contributed by atoms with van der Waals surface area (Å²) in [6.45, 7) is 3.07. The van der Waals surface area contributed by atoms with Gasteiger partial charge in [-0.15, -0.1) is 5.10 Å². The summed E-state index contributed by atoms with van der Waals surface area (Å²) in [6, 6.07) is 5.38. The Labute approximate surface area is 123 Å². The van der Waals surface area contributed by atoms with Crippen molar-refractivity contribution in [2.24, 2.45) is 5.41 Å². The maximum atomic E-state index is 6.24. The number of tetrazole rings is 1. The van der Waals surface area contributed by atoms with Crippen LogP contribution in [0.2, 0.25) is 5.02 Å². The first-order valence-electron chi connectivity index (χ1n) is 6.95. The standard InChI is InChI=1S/C14H18ClN5/c1-2-5-14(6-7-14)9-20-13(17-18-19-20)11-8-10(16)3-4-12(11)15/h3-4,8H,2,5-7,9,16H2,1H3. The highest BCUT2D eigenvalue weighted by molar-refractivity contribution is 6.33. The average molecular weight is 292 g/mol. The van der Waals surface area contributed by atoms with Crippen LogP contribution in [0.3, 0.4) is 0 Å². The molecular formula is C14H18ClN5. The van der Waals surface area contributed by atoms with Crippen molar-refractivity contribution in [2.75, 3.05) is 5.73 Å². The van der Waals surface area contributed by atoms with E-state index in [2.05, 4.69) is 22.4 Å². The summed E-state index contributed by atoms with van der Waals surface area (Å²) in [4.78, 5) is 0. The molecular weight excluding hydrogens is 274 g/mol. The van der Waals surface area contributed by atoms with Gasteiger partial charge < -0.3 is 5.73 Å². The highest BCUT2D eigenvalue weighted by Gasteiger charge is 2.42. The molecule has 0 radical (unpaired) electrons. The summed E-state index contributed by atoms with van der Waals surface area (Å²) < 4.78 is 1.86. The predicted molar refractivity (Wildman–Crippen MR) is 79.3 cm³/mol. The minimum atomic E-state index is 0.381. The molecule has 1 heterocycles. The largest absolute Gasteiger partial charge is 0.399 e. The van der Waals surface area contributed by atoms with E-state index in [0.717, 1.165) is 12.1 Å². The van der Waals surface area contributed by atoms with Crippen molar-refractivity contribution in [1.29, 1.82) is 0 Å². The molecule has 2 aromatic rings. The third-order valence-electron chi connectivity index (χ3n) is 3.99. The number of benzene rings is 1. The van der Waals surface area contributed by atoms with Gasteiger partial charge in [0.25, 0.3) is 0 Å². The smallest absolute Gasteiger partial charge is 0.183 e. The van der Waals surface area contributed by atoms with Crippen LogP contribution in [0.5, 0.6) is 0 Å². The number of rotatable bonds is 5. The monoisotopic (exact) mass is 291 g/mol. The number of halogens is 1. The predicted octanol–water partition coefficient (Wildman–Crippen LogP) is 3.16. The molecule has 0 unspecified atom stereocenters. The van der Waals surface area contributed by atoms with Crippen LogP contribution in [0.25, 0.3) is 11.4 Å². The van der Waals surface area contributed by atoms with E-state index in [4.69, 9.17) is 17.3 Å². The molecule has 1 aliphatic carbocycles. The summed E-state index contributed by atoms with van der Waals surface area (Å²) >= 11 is 6.24. The molecule has 3 rings (SSSR count).